The van der Waals surface area contributed by atoms with E-state index < -0.39 is 0 Å². The summed E-state index contributed by atoms with van der Waals surface area (Å²) in [5, 5.41) is 13.1. The van der Waals surface area contributed by atoms with Gasteiger partial charge in [-0.1, -0.05) is 36.2 Å². The van der Waals surface area contributed by atoms with Crippen molar-refractivity contribution >= 4 is 17.6 Å². The van der Waals surface area contributed by atoms with Crippen LogP contribution in [-0.2, 0) is 5.41 Å². The number of aliphatic hydroxyl groups excluding tert-OH is 1. The molecule has 126 valence electrons. The highest BCUT2D eigenvalue weighted by molar-refractivity contribution is 6.31. The lowest BCUT2D eigenvalue weighted by molar-refractivity contribution is 0.133. The first-order valence-electron chi connectivity index (χ1n) is 8.53. The molecule has 0 bridgehead atoms. The van der Waals surface area contributed by atoms with Crippen molar-refractivity contribution in [2.24, 2.45) is 5.92 Å². The summed E-state index contributed by atoms with van der Waals surface area (Å²) in [7, 11) is 0. The number of nitrogens with one attached hydrogen (secondary N) is 1. The minimum Gasteiger partial charge on any atom is -0.396 e. The van der Waals surface area contributed by atoms with E-state index in [0.29, 0.717) is 12.5 Å². The summed E-state index contributed by atoms with van der Waals surface area (Å²) in [6, 6.07) is 7.99. The Morgan fingerprint density at radius 2 is 2.00 bits per heavy atom. The summed E-state index contributed by atoms with van der Waals surface area (Å²) >= 11 is 6.37. The molecule has 0 aromatic heterocycles. The number of nitrogens with zero attached hydrogens (tertiary/aromatic N) is 1. The number of carbonyl (C=O) groups is 1. The average molecular weight is 337 g/mol. The zero-order valence-corrected chi connectivity index (χ0v) is 14.2. The van der Waals surface area contributed by atoms with Crippen LogP contribution >= 0.6 is 11.6 Å². The van der Waals surface area contributed by atoms with Crippen molar-refractivity contribution < 1.29 is 9.90 Å². The standard InChI is InChI=1S/C18H25ClN2O2/c19-16-5-2-1-4-15(16)18(8-3-9-18)13-20-17(23)21-10-6-14(12-22)7-11-21/h1-2,4-5,14,22H,3,6-13H2,(H,20,23). The first kappa shape index (κ1) is 16.6. The quantitative estimate of drug-likeness (QED) is 0.887. The van der Waals surface area contributed by atoms with Gasteiger partial charge in [-0.2, -0.15) is 0 Å². The Hall–Kier alpha value is -1.26. The molecule has 2 N–H and O–H groups in total. The normalized spacial score (nSPS) is 20.9. The van der Waals surface area contributed by atoms with Crippen molar-refractivity contribution in [3.05, 3.63) is 34.9 Å². The zero-order valence-electron chi connectivity index (χ0n) is 13.4. The fourth-order valence-corrected chi connectivity index (χ4v) is 4.05. The van der Waals surface area contributed by atoms with Crippen LogP contribution in [0.3, 0.4) is 0 Å². The highest BCUT2D eigenvalue weighted by Crippen LogP contribution is 2.45. The first-order chi connectivity index (χ1) is 11.1. The minimum absolute atomic E-state index is 0.00256. The third-order valence-electron chi connectivity index (χ3n) is 5.49. The first-order valence-corrected chi connectivity index (χ1v) is 8.91. The highest BCUT2D eigenvalue weighted by Gasteiger charge is 2.40. The number of likely N-dealkylation sites (tertiary alicyclic amines) is 1. The second kappa shape index (κ2) is 7.10. The molecule has 0 atom stereocenters. The number of amides is 2. The molecule has 0 radical (unpaired) electrons. The molecule has 1 heterocycles. The van der Waals surface area contributed by atoms with Gasteiger partial charge >= 0.3 is 6.03 Å². The molecule has 1 aromatic rings. The van der Waals surface area contributed by atoms with E-state index in [-0.39, 0.29) is 18.1 Å². The summed E-state index contributed by atoms with van der Waals surface area (Å²) in [5.41, 5.74) is 1.16. The predicted octanol–water partition coefficient (Wildman–Crippen LogP) is 3.18. The number of piperidine rings is 1. The van der Waals surface area contributed by atoms with Gasteiger partial charge in [-0.05, 0) is 43.2 Å². The number of hydrogen-bond donors (Lipinski definition) is 2. The third kappa shape index (κ3) is 3.48. The number of benzene rings is 1. The fraction of sp³-hybridized carbons (Fsp3) is 0.611. The van der Waals surface area contributed by atoms with Crippen LogP contribution in [0.1, 0.15) is 37.7 Å². The molecule has 23 heavy (non-hydrogen) atoms. The van der Waals surface area contributed by atoms with Crippen molar-refractivity contribution in [2.75, 3.05) is 26.2 Å². The lowest BCUT2D eigenvalue weighted by atomic mass is 9.64. The van der Waals surface area contributed by atoms with Crippen molar-refractivity contribution in [1.82, 2.24) is 10.2 Å². The Morgan fingerprint density at radius 3 is 2.57 bits per heavy atom. The monoisotopic (exact) mass is 336 g/mol. The van der Waals surface area contributed by atoms with E-state index in [9.17, 15) is 9.90 Å². The molecule has 3 rings (SSSR count). The maximum Gasteiger partial charge on any atom is 0.317 e. The SMILES string of the molecule is O=C(NCC1(c2ccccc2Cl)CCC1)N1CCC(CO)CC1. The number of hydrogen-bond acceptors (Lipinski definition) is 2. The molecule has 2 aliphatic rings. The molecule has 2 fully saturated rings. The van der Waals surface area contributed by atoms with Gasteiger partial charge in [0.15, 0.2) is 0 Å². The van der Waals surface area contributed by atoms with Gasteiger partial charge in [-0.15, -0.1) is 0 Å². The Balaban J connectivity index is 1.58. The van der Waals surface area contributed by atoms with Crippen LogP contribution in [0.5, 0.6) is 0 Å². The molecule has 0 unspecified atom stereocenters. The molecule has 1 aliphatic heterocycles. The van der Waals surface area contributed by atoms with Gasteiger partial charge in [-0.3, -0.25) is 0 Å². The molecule has 4 nitrogen and oxygen atoms in total. The number of aliphatic hydroxyl groups is 1. The van der Waals surface area contributed by atoms with Crippen LogP contribution in [0.2, 0.25) is 5.02 Å². The fourth-order valence-electron chi connectivity index (χ4n) is 3.71. The summed E-state index contributed by atoms with van der Waals surface area (Å²) in [6.45, 7) is 2.34. The van der Waals surface area contributed by atoms with Gasteiger partial charge < -0.3 is 15.3 Å². The largest absolute Gasteiger partial charge is 0.396 e. The van der Waals surface area contributed by atoms with E-state index in [2.05, 4.69) is 11.4 Å². The van der Waals surface area contributed by atoms with Crippen LogP contribution in [0.15, 0.2) is 24.3 Å². The smallest absolute Gasteiger partial charge is 0.317 e. The van der Waals surface area contributed by atoms with Gasteiger partial charge in [-0.25, -0.2) is 4.79 Å². The van der Waals surface area contributed by atoms with E-state index in [1.165, 1.54) is 6.42 Å². The predicted molar refractivity (Wildman–Crippen MR) is 91.8 cm³/mol. The molecule has 2 amide bonds. The minimum atomic E-state index is -0.00256. The van der Waals surface area contributed by atoms with E-state index in [1.54, 1.807) is 0 Å². The van der Waals surface area contributed by atoms with E-state index in [0.717, 1.165) is 49.4 Å². The molecule has 5 heteroatoms. The molecule has 1 aromatic carbocycles. The molecule has 0 spiro atoms. The molecule has 1 saturated heterocycles. The third-order valence-corrected chi connectivity index (χ3v) is 5.82. The Bertz CT molecular complexity index is 552. The molecular formula is C18H25ClN2O2. The summed E-state index contributed by atoms with van der Waals surface area (Å²) in [4.78, 5) is 14.3. The maximum atomic E-state index is 12.4. The highest BCUT2D eigenvalue weighted by atomic mass is 35.5. The van der Waals surface area contributed by atoms with Crippen molar-refractivity contribution in [3.8, 4) is 0 Å². The lowest BCUT2D eigenvalue weighted by Gasteiger charge is -2.43. The van der Waals surface area contributed by atoms with Crippen molar-refractivity contribution in [2.45, 2.75) is 37.5 Å². The number of carbonyl (C=O) groups excluding carboxylic acids is 1. The molecule has 1 saturated carbocycles. The summed E-state index contributed by atoms with van der Waals surface area (Å²) < 4.78 is 0. The second-order valence-electron chi connectivity index (χ2n) is 6.89. The Morgan fingerprint density at radius 1 is 1.30 bits per heavy atom. The van der Waals surface area contributed by atoms with Crippen molar-refractivity contribution in [3.63, 3.8) is 0 Å². The maximum absolute atomic E-state index is 12.4. The van der Waals surface area contributed by atoms with Crippen LogP contribution in [0.4, 0.5) is 4.79 Å². The Kier molecular flexibility index (Phi) is 5.12. The van der Waals surface area contributed by atoms with Crippen LogP contribution in [-0.4, -0.2) is 42.3 Å². The Labute approximate surface area is 142 Å². The van der Waals surface area contributed by atoms with Gasteiger partial charge in [0.25, 0.3) is 0 Å². The van der Waals surface area contributed by atoms with Crippen LogP contribution in [0, 0.1) is 5.92 Å². The molecular weight excluding hydrogens is 312 g/mol. The topological polar surface area (TPSA) is 52.6 Å². The van der Waals surface area contributed by atoms with Gasteiger partial charge in [0.1, 0.15) is 0 Å². The van der Waals surface area contributed by atoms with Crippen molar-refractivity contribution in [1.29, 1.82) is 0 Å². The second-order valence-corrected chi connectivity index (χ2v) is 7.29. The number of urea groups is 1. The summed E-state index contributed by atoms with van der Waals surface area (Å²) in [5.74, 6) is 0.347. The summed E-state index contributed by atoms with van der Waals surface area (Å²) in [6.07, 6.45) is 5.11. The lowest BCUT2D eigenvalue weighted by Crippen LogP contribution is -2.51. The molecule has 1 aliphatic carbocycles. The van der Waals surface area contributed by atoms with E-state index in [4.69, 9.17) is 11.6 Å². The van der Waals surface area contributed by atoms with E-state index in [1.807, 2.05) is 23.1 Å². The van der Waals surface area contributed by atoms with Crippen LogP contribution < -0.4 is 5.32 Å². The number of rotatable bonds is 4. The van der Waals surface area contributed by atoms with Gasteiger partial charge in [0.2, 0.25) is 0 Å². The zero-order chi connectivity index (χ0) is 16.3. The average Bonchev–Trinajstić information content (AvgIpc) is 2.55. The van der Waals surface area contributed by atoms with Gasteiger partial charge in [0, 0.05) is 36.7 Å². The van der Waals surface area contributed by atoms with Crippen LogP contribution in [0.25, 0.3) is 0 Å². The van der Waals surface area contributed by atoms with E-state index >= 15 is 0 Å². The van der Waals surface area contributed by atoms with Gasteiger partial charge in [0.05, 0.1) is 0 Å². The number of halogens is 1.